The third-order valence-electron chi connectivity index (χ3n) is 3.41. The van der Waals surface area contributed by atoms with Crippen molar-refractivity contribution >= 4 is 21.9 Å². The minimum Gasteiger partial charge on any atom is -0.480 e. The Morgan fingerprint density at radius 1 is 1.18 bits per heavy atom. The minimum atomic E-state index is -3.51. The van der Waals surface area contributed by atoms with Gasteiger partial charge in [-0.3, -0.25) is 9.59 Å². The van der Waals surface area contributed by atoms with Crippen LogP contribution < -0.4 is 10.0 Å². The van der Waals surface area contributed by atoms with Crippen LogP contribution in [0.15, 0.2) is 29.2 Å². The summed E-state index contributed by atoms with van der Waals surface area (Å²) in [5.74, 6) is -1.83. The molecule has 0 saturated carbocycles. The summed E-state index contributed by atoms with van der Waals surface area (Å²) >= 11 is 0. The quantitative estimate of drug-likeness (QED) is 0.671. The van der Waals surface area contributed by atoms with Gasteiger partial charge >= 0.3 is 5.97 Å². The van der Waals surface area contributed by atoms with Crippen molar-refractivity contribution in [3.05, 3.63) is 29.8 Å². The summed E-state index contributed by atoms with van der Waals surface area (Å²) < 4.78 is 25.4. The van der Waals surface area contributed by atoms with Crippen LogP contribution in [-0.2, 0) is 19.6 Å². The molecule has 0 spiro atoms. The van der Waals surface area contributed by atoms with Gasteiger partial charge in [0, 0.05) is 0 Å². The number of carbonyl (C=O) groups is 2. The predicted octanol–water partition coefficient (Wildman–Crippen LogP) is 0.883. The highest BCUT2D eigenvalue weighted by atomic mass is 32.2. The van der Waals surface area contributed by atoms with Gasteiger partial charge in [0.15, 0.2) is 0 Å². The van der Waals surface area contributed by atoms with Gasteiger partial charge in [-0.1, -0.05) is 12.1 Å². The molecule has 0 heterocycles. The fourth-order valence-electron chi connectivity index (χ4n) is 1.61. The van der Waals surface area contributed by atoms with Gasteiger partial charge in [0.05, 0.1) is 10.9 Å². The Labute approximate surface area is 129 Å². The average molecular weight is 328 g/mol. The van der Waals surface area contributed by atoms with Crippen LogP contribution in [-0.4, -0.2) is 32.4 Å². The van der Waals surface area contributed by atoms with E-state index in [0.717, 1.165) is 0 Å². The van der Waals surface area contributed by atoms with E-state index in [-0.39, 0.29) is 4.90 Å². The second-order valence-corrected chi connectivity index (χ2v) is 7.29. The molecule has 0 saturated heterocycles. The second kappa shape index (κ2) is 6.45. The summed E-state index contributed by atoms with van der Waals surface area (Å²) in [6.07, 6.45) is 0. The van der Waals surface area contributed by atoms with Crippen molar-refractivity contribution in [2.75, 3.05) is 7.05 Å². The van der Waals surface area contributed by atoms with Crippen molar-refractivity contribution in [2.45, 2.75) is 31.7 Å². The molecule has 8 heteroatoms. The number of amides is 1. The molecule has 1 atom stereocenters. The predicted molar refractivity (Wildman–Crippen MR) is 80.7 cm³/mol. The molecule has 0 aliphatic carbocycles. The van der Waals surface area contributed by atoms with E-state index in [1.54, 1.807) is 19.1 Å². The van der Waals surface area contributed by atoms with Crippen LogP contribution in [0.1, 0.15) is 32.4 Å². The summed E-state index contributed by atoms with van der Waals surface area (Å²) in [7, 11) is -2.19. The zero-order chi connectivity index (χ0) is 17.1. The summed E-state index contributed by atoms with van der Waals surface area (Å²) in [4.78, 5) is 23.1. The van der Waals surface area contributed by atoms with Gasteiger partial charge in [-0.2, -0.15) is 0 Å². The highest BCUT2D eigenvalue weighted by Gasteiger charge is 2.36. The first-order chi connectivity index (χ1) is 10.0. The standard InChI is InChI=1S/C14H20N2O5S/c1-9(16-12(17)14(2,3)13(18)19)10-5-7-11(8-6-10)22(20,21)15-4/h5-9,15H,1-4H3,(H,16,17)(H,18,19). The van der Waals surface area contributed by atoms with E-state index >= 15 is 0 Å². The van der Waals surface area contributed by atoms with Crippen LogP contribution in [0.5, 0.6) is 0 Å². The average Bonchev–Trinajstić information content (AvgIpc) is 2.46. The molecular formula is C14H20N2O5S. The van der Waals surface area contributed by atoms with Crippen LogP contribution in [0.4, 0.5) is 0 Å². The zero-order valence-corrected chi connectivity index (χ0v) is 13.7. The van der Waals surface area contributed by atoms with Gasteiger partial charge in [-0.25, -0.2) is 13.1 Å². The molecule has 7 nitrogen and oxygen atoms in total. The first kappa shape index (κ1) is 18.1. The molecule has 3 N–H and O–H groups in total. The number of aliphatic carboxylic acids is 1. The Balaban J connectivity index is 2.90. The third-order valence-corrected chi connectivity index (χ3v) is 4.84. The number of rotatable bonds is 6. The largest absolute Gasteiger partial charge is 0.480 e. The van der Waals surface area contributed by atoms with Crippen molar-refractivity contribution in [3.8, 4) is 0 Å². The summed E-state index contributed by atoms with van der Waals surface area (Å²) in [5.41, 5.74) is -0.867. The molecule has 1 amide bonds. The number of benzene rings is 1. The van der Waals surface area contributed by atoms with E-state index in [1.165, 1.54) is 33.0 Å². The fraction of sp³-hybridized carbons (Fsp3) is 0.429. The molecule has 122 valence electrons. The minimum absolute atomic E-state index is 0.114. The van der Waals surface area contributed by atoms with Crippen LogP contribution in [0.25, 0.3) is 0 Å². The Kier molecular flexibility index (Phi) is 5.31. The molecule has 0 aliphatic rings. The van der Waals surface area contributed by atoms with Gasteiger partial charge < -0.3 is 10.4 Å². The van der Waals surface area contributed by atoms with Crippen LogP contribution in [0.2, 0.25) is 0 Å². The van der Waals surface area contributed by atoms with Crippen molar-refractivity contribution in [1.82, 2.24) is 10.0 Å². The number of hydrogen-bond acceptors (Lipinski definition) is 4. The van der Waals surface area contributed by atoms with E-state index in [1.807, 2.05) is 0 Å². The molecule has 0 bridgehead atoms. The molecule has 22 heavy (non-hydrogen) atoms. The van der Waals surface area contributed by atoms with Crippen LogP contribution in [0.3, 0.4) is 0 Å². The van der Waals surface area contributed by atoms with Crippen LogP contribution >= 0.6 is 0 Å². The monoisotopic (exact) mass is 328 g/mol. The molecule has 0 aliphatic heterocycles. The summed E-state index contributed by atoms with van der Waals surface area (Å²) in [5, 5.41) is 11.6. The lowest BCUT2D eigenvalue weighted by Crippen LogP contribution is -2.43. The Morgan fingerprint density at radius 3 is 2.09 bits per heavy atom. The highest BCUT2D eigenvalue weighted by molar-refractivity contribution is 7.89. The molecular weight excluding hydrogens is 308 g/mol. The van der Waals surface area contributed by atoms with E-state index in [4.69, 9.17) is 5.11 Å². The summed E-state index contributed by atoms with van der Waals surface area (Å²) in [6.45, 7) is 4.33. The number of carbonyl (C=O) groups excluding carboxylic acids is 1. The van der Waals surface area contributed by atoms with Crippen molar-refractivity contribution in [2.24, 2.45) is 5.41 Å². The summed E-state index contributed by atoms with van der Waals surface area (Å²) in [6, 6.07) is 5.54. The van der Waals surface area contributed by atoms with E-state index in [2.05, 4.69) is 10.0 Å². The Morgan fingerprint density at radius 2 is 1.68 bits per heavy atom. The van der Waals surface area contributed by atoms with Crippen molar-refractivity contribution in [1.29, 1.82) is 0 Å². The fourth-order valence-corrected chi connectivity index (χ4v) is 2.34. The van der Waals surface area contributed by atoms with E-state index in [9.17, 15) is 18.0 Å². The van der Waals surface area contributed by atoms with Gasteiger partial charge in [0.25, 0.3) is 0 Å². The maximum atomic E-state index is 12.0. The maximum Gasteiger partial charge on any atom is 0.318 e. The molecule has 0 fully saturated rings. The first-order valence-electron chi connectivity index (χ1n) is 6.60. The number of carboxylic acid groups (broad SMARTS) is 1. The van der Waals surface area contributed by atoms with Gasteiger partial charge in [0.1, 0.15) is 5.41 Å². The lowest BCUT2D eigenvalue weighted by molar-refractivity contribution is -0.153. The van der Waals surface area contributed by atoms with Crippen molar-refractivity contribution in [3.63, 3.8) is 0 Å². The lowest BCUT2D eigenvalue weighted by atomic mass is 9.92. The van der Waals surface area contributed by atoms with Gasteiger partial charge in [-0.15, -0.1) is 0 Å². The molecule has 1 aromatic carbocycles. The first-order valence-corrected chi connectivity index (χ1v) is 8.08. The number of carboxylic acids is 1. The Hall–Kier alpha value is -1.93. The third kappa shape index (κ3) is 3.83. The van der Waals surface area contributed by atoms with E-state index < -0.39 is 33.4 Å². The molecule has 0 radical (unpaired) electrons. The van der Waals surface area contributed by atoms with E-state index in [0.29, 0.717) is 5.56 Å². The normalized spacial score (nSPS) is 13.5. The molecule has 0 aromatic heterocycles. The second-order valence-electron chi connectivity index (χ2n) is 5.40. The molecule has 1 aromatic rings. The Bertz CT molecular complexity index is 665. The van der Waals surface area contributed by atoms with Crippen LogP contribution in [0, 0.1) is 5.41 Å². The molecule has 1 rings (SSSR count). The topological polar surface area (TPSA) is 113 Å². The lowest BCUT2D eigenvalue weighted by Gasteiger charge is -2.22. The van der Waals surface area contributed by atoms with Gasteiger partial charge in [0.2, 0.25) is 15.9 Å². The highest BCUT2D eigenvalue weighted by Crippen LogP contribution is 2.20. The zero-order valence-electron chi connectivity index (χ0n) is 12.9. The SMILES string of the molecule is CNS(=O)(=O)c1ccc(C(C)NC(=O)C(C)(C)C(=O)O)cc1. The smallest absolute Gasteiger partial charge is 0.318 e. The van der Waals surface area contributed by atoms with Crippen molar-refractivity contribution < 1.29 is 23.1 Å². The number of nitrogens with one attached hydrogen (secondary N) is 2. The molecule has 1 unspecified atom stereocenters. The number of hydrogen-bond donors (Lipinski definition) is 3. The number of sulfonamides is 1. The maximum absolute atomic E-state index is 12.0. The van der Waals surface area contributed by atoms with Gasteiger partial charge in [-0.05, 0) is 45.5 Å².